The zero-order valence-electron chi connectivity index (χ0n) is 10.4. The van der Waals surface area contributed by atoms with E-state index in [-0.39, 0.29) is 11.3 Å². The van der Waals surface area contributed by atoms with Crippen LogP contribution >= 0.6 is 11.5 Å². The number of rotatable bonds is 5. The summed E-state index contributed by atoms with van der Waals surface area (Å²) in [5.41, 5.74) is 2.80. The molecule has 1 heterocycles. The molecule has 0 unspecified atom stereocenters. The number of nitrogens with zero attached hydrogens (tertiary/aromatic N) is 2. The van der Waals surface area contributed by atoms with Gasteiger partial charge in [0.15, 0.2) is 0 Å². The first-order valence-corrected chi connectivity index (χ1v) is 5.98. The third kappa shape index (κ3) is 4.03. The number of carbonyl (C=O) groups is 1. The van der Waals surface area contributed by atoms with E-state index in [9.17, 15) is 4.79 Å². The molecule has 0 atom stereocenters. The van der Waals surface area contributed by atoms with Crippen LogP contribution in [0.4, 0.5) is 0 Å². The van der Waals surface area contributed by atoms with E-state index < -0.39 is 0 Å². The van der Waals surface area contributed by atoms with Crippen molar-refractivity contribution in [1.82, 2.24) is 15.1 Å². The van der Waals surface area contributed by atoms with Crippen LogP contribution in [0.2, 0.25) is 0 Å². The molecule has 0 bridgehead atoms. The lowest BCUT2D eigenvalue weighted by atomic mass is 9.91. The Morgan fingerprint density at radius 2 is 2.12 bits per heavy atom. The molecule has 6 nitrogen and oxygen atoms in total. The summed E-state index contributed by atoms with van der Waals surface area (Å²) < 4.78 is 8.60. The lowest BCUT2D eigenvalue weighted by molar-refractivity contribution is 0.00902. The van der Waals surface area contributed by atoms with Crippen LogP contribution in [0.5, 0.6) is 0 Å². The van der Waals surface area contributed by atoms with Crippen molar-refractivity contribution in [3.05, 3.63) is 10.6 Å². The number of methoxy groups -OCH3 is 1. The van der Waals surface area contributed by atoms with Gasteiger partial charge in [-0.1, -0.05) is 25.3 Å². The molecule has 96 valence electrons. The molecule has 0 saturated heterocycles. The zero-order chi connectivity index (χ0) is 12.9. The molecule has 0 aliphatic rings. The van der Waals surface area contributed by atoms with Gasteiger partial charge in [0.05, 0.1) is 18.9 Å². The standard InChI is InChI=1S/C10H17N3O3S/c1-10(2,3)8-7(17-13-11-8)9(14)12-16-6-5-15-4/h5-6H2,1-4H3,(H,12,14). The van der Waals surface area contributed by atoms with Gasteiger partial charge < -0.3 is 4.74 Å². The molecule has 0 aliphatic heterocycles. The fourth-order valence-corrected chi connectivity index (χ4v) is 1.88. The van der Waals surface area contributed by atoms with Crippen molar-refractivity contribution in [2.45, 2.75) is 26.2 Å². The van der Waals surface area contributed by atoms with E-state index in [1.165, 1.54) is 0 Å². The number of hydrogen-bond donors (Lipinski definition) is 1. The summed E-state index contributed by atoms with van der Waals surface area (Å²) in [4.78, 5) is 17.2. The van der Waals surface area contributed by atoms with E-state index in [1.54, 1.807) is 7.11 Å². The maximum atomic E-state index is 11.8. The highest BCUT2D eigenvalue weighted by Gasteiger charge is 2.26. The summed E-state index contributed by atoms with van der Waals surface area (Å²) in [6.07, 6.45) is 0. The van der Waals surface area contributed by atoms with E-state index in [1.807, 2.05) is 20.8 Å². The Bertz CT molecular complexity index is 373. The Morgan fingerprint density at radius 3 is 2.71 bits per heavy atom. The molecular weight excluding hydrogens is 242 g/mol. The van der Waals surface area contributed by atoms with Gasteiger partial charge in [-0.3, -0.25) is 9.63 Å². The van der Waals surface area contributed by atoms with Crippen molar-refractivity contribution >= 4 is 17.4 Å². The Morgan fingerprint density at radius 1 is 1.41 bits per heavy atom. The lowest BCUT2D eigenvalue weighted by Crippen LogP contribution is -2.27. The Balaban J connectivity index is 2.61. The van der Waals surface area contributed by atoms with Crippen LogP contribution < -0.4 is 5.48 Å². The molecule has 7 heteroatoms. The minimum absolute atomic E-state index is 0.216. The Labute approximate surface area is 104 Å². The molecule has 1 amide bonds. The summed E-state index contributed by atoms with van der Waals surface area (Å²) >= 11 is 1.06. The molecule has 1 aromatic heterocycles. The predicted octanol–water partition coefficient (Wildman–Crippen LogP) is 1.14. The number of hydroxylamine groups is 1. The van der Waals surface area contributed by atoms with E-state index >= 15 is 0 Å². The van der Waals surface area contributed by atoms with E-state index in [0.29, 0.717) is 23.8 Å². The molecule has 0 spiro atoms. The third-order valence-corrected chi connectivity index (χ3v) is 2.68. The largest absolute Gasteiger partial charge is 0.382 e. The second kappa shape index (κ2) is 6.04. The first kappa shape index (κ1) is 14.0. The second-order valence-corrected chi connectivity index (χ2v) is 5.23. The van der Waals surface area contributed by atoms with Gasteiger partial charge in [0, 0.05) is 12.5 Å². The number of nitrogens with one attached hydrogen (secondary N) is 1. The minimum atomic E-state index is -0.318. The summed E-state index contributed by atoms with van der Waals surface area (Å²) in [5.74, 6) is -0.318. The van der Waals surface area contributed by atoms with Gasteiger partial charge in [0.25, 0.3) is 5.91 Å². The molecular formula is C10H17N3O3S. The highest BCUT2D eigenvalue weighted by molar-refractivity contribution is 7.08. The molecule has 0 aromatic carbocycles. The third-order valence-electron chi connectivity index (χ3n) is 1.96. The van der Waals surface area contributed by atoms with Crippen LogP contribution in [-0.2, 0) is 15.0 Å². The van der Waals surface area contributed by atoms with Crippen LogP contribution in [0.25, 0.3) is 0 Å². The highest BCUT2D eigenvalue weighted by atomic mass is 32.1. The fourth-order valence-electron chi connectivity index (χ4n) is 1.12. The average Bonchev–Trinajstić information content (AvgIpc) is 2.72. The number of ether oxygens (including phenoxy) is 1. The zero-order valence-corrected chi connectivity index (χ0v) is 11.3. The first-order valence-electron chi connectivity index (χ1n) is 5.20. The number of amides is 1. The molecule has 1 aromatic rings. The first-order chi connectivity index (χ1) is 7.96. The monoisotopic (exact) mass is 259 g/mol. The van der Waals surface area contributed by atoms with Gasteiger partial charge in [-0.15, -0.1) is 5.10 Å². The summed E-state index contributed by atoms with van der Waals surface area (Å²) in [5, 5.41) is 3.98. The summed E-state index contributed by atoms with van der Waals surface area (Å²) in [7, 11) is 1.57. The van der Waals surface area contributed by atoms with Crippen molar-refractivity contribution in [2.24, 2.45) is 0 Å². The van der Waals surface area contributed by atoms with Crippen molar-refractivity contribution in [3.8, 4) is 0 Å². The molecule has 0 aliphatic carbocycles. The average molecular weight is 259 g/mol. The molecule has 1 rings (SSSR count). The highest BCUT2D eigenvalue weighted by Crippen LogP contribution is 2.25. The van der Waals surface area contributed by atoms with Crippen LogP contribution in [0.1, 0.15) is 36.1 Å². The number of carbonyl (C=O) groups excluding carboxylic acids is 1. The minimum Gasteiger partial charge on any atom is -0.382 e. The lowest BCUT2D eigenvalue weighted by Gasteiger charge is -2.15. The second-order valence-electron chi connectivity index (χ2n) is 4.47. The van der Waals surface area contributed by atoms with Crippen molar-refractivity contribution < 1.29 is 14.4 Å². The maximum Gasteiger partial charge on any atom is 0.288 e. The Hall–Kier alpha value is -1.05. The molecule has 0 saturated carbocycles. The van der Waals surface area contributed by atoms with Gasteiger partial charge in [-0.2, -0.15) is 0 Å². The van der Waals surface area contributed by atoms with Crippen molar-refractivity contribution in [3.63, 3.8) is 0 Å². The normalized spacial score (nSPS) is 11.5. The van der Waals surface area contributed by atoms with E-state index in [2.05, 4.69) is 15.1 Å². The topological polar surface area (TPSA) is 73.3 Å². The van der Waals surface area contributed by atoms with Gasteiger partial charge in [-0.05, 0) is 11.5 Å². The number of aromatic nitrogens is 2. The van der Waals surface area contributed by atoms with Gasteiger partial charge in [0.2, 0.25) is 0 Å². The van der Waals surface area contributed by atoms with Gasteiger partial charge in [-0.25, -0.2) is 5.48 Å². The van der Waals surface area contributed by atoms with Crippen molar-refractivity contribution in [1.29, 1.82) is 0 Å². The van der Waals surface area contributed by atoms with Crippen LogP contribution in [0.3, 0.4) is 0 Å². The van der Waals surface area contributed by atoms with E-state index in [4.69, 9.17) is 9.57 Å². The number of hydrogen-bond acceptors (Lipinski definition) is 6. The maximum absolute atomic E-state index is 11.8. The predicted molar refractivity (Wildman–Crippen MR) is 63.9 cm³/mol. The SMILES string of the molecule is COCCONC(=O)c1snnc1C(C)(C)C. The van der Waals surface area contributed by atoms with Crippen LogP contribution in [0, 0.1) is 0 Å². The van der Waals surface area contributed by atoms with E-state index in [0.717, 1.165) is 11.5 Å². The molecule has 0 fully saturated rings. The van der Waals surface area contributed by atoms with Gasteiger partial charge >= 0.3 is 0 Å². The van der Waals surface area contributed by atoms with Crippen LogP contribution in [-0.4, -0.2) is 35.8 Å². The fraction of sp³-hybridized carbons (Fsp3) is 0.700. The Kier molecular flexibility index (Phi) is 4.98. The van der Waals surface area contributed by atoms with Crippen molar-refractivity contribution in [2.75, 3.05) is 20.3 Å². The van der Waals surface area contributed by atoms with Crippen LogP contribution in [0.15, 0.2) is 0 Å². The summed E-state index contributed by atoms with van der Waals surface area (Å²) in [6, 6.07) is 0. The quantitative estimate of drug-likeness (QED) is 0.634. The smallest absolute Gasteiger partial charge is 0.288 e. The van der Waals surface area contributed by atoms with Gasteiger partial charge in [0.1, 0.15) is 4.88 Å². The molecule has 17 heavy (non-hydrogen) atoms. The molecule has 1 N–H and O–H groups in total. The summed E-state index contributed by atoms with van der Waals surface area (Å²) in [6.45, 7) is 6.66. The molecule has 0 radical (unpaired) electrons.